The molecule has 1 aromatic carbocycles. The number of hydrogen-bond donors (Lipinski definition) is 3. The molecule has 1 aliphatic heterocycles. The lowest BCUT2D eigenvalue weighted by atomic mass is 9.92. The van der Waals surface area contributed by atoms with E-state index in [4.69, 9.17) is 28.2 Å². The predicted octanol–water partition coefficient (Wildman–Crippen LogP) is 4.20. The Hall–Kier alpha value is -2.30. The molecule has 178 valence electrons. The molecule has 32 heavy (non-hydrogen) atoms. The normalized spacial score (nSPS) is 20.8. The monoisotopic (exact) mass is 476 g/mol. The summed E-state index contributed by atoms with van der Waals surface area (Å²) in [6.07, 6.45) is -0.357. The van der Waals surface area contributed by atoms with Crippen LogP contribution >= 0.6 is 11.6 Å². The average Bonchev–Trinajstić information content (AvgIpc) is 2.68. The standard InChI is InChI=1S/C10H6ClF3N2.C6H13N.C5H9NO3/c11-5-1-2-8-6(3-5)7(15)4-9(16-8)10(12,13)14;1-7-5-3-2-4-6-7;6-5(8)9-4-1-3(7)2-4/h1-4H,(H2,15,16);2-6H2,1H3;3-4,7H,1-2H2,(H2,6,8). The Balaban J connectivity index is 0.000000191. The number of anilines is 1. The smallest absolute Gasteiger partial charge is 0.433 e. The Morgan fingerprint density at radius 1 is 1.22 bits per heavy atom. The van der Waals surface area contributed by atoms with E-state index in [1.807, 2.05) is 0 Å². The lowest BCUT2D eigenvalue weighted by Crippen LogP contribution is -2.38. The third-order valence-electron chi connectivity index (χ3n) is 5.03. The number of aliphatic hydroxyl groups is 1. The number of ether oxygens (including phenoxy) is 1. The fourth-order valence-corrected chi connectivity index (χ4v) is 3.39. The van der Waals surface area contributed by atoms with Gasteiger partial charge in [-0.05, 0) is 57.2 Å². The average molecular weight is 477 g/mol. The van der Waals surface area contributed by atoms with Crippen LogP contribution in [0.5, 0.6) is 0 Å². The topological polar surface area (TPSA) is 115 Å². The molecule has 4 rings (SSSR count). The van der Waals surface area contributed by atoms with E-state index in [2.05, 4.69) is 21.7 Å². The molecule has 2 aromatic rings. The highest BCUT2D eigenvalue weighted by Crippen LogP contribution is 2.32. The van der Waals surface area contributed by atoms with Gasteiger partial charge in [-0.3, -0.25) is 0 Å². The minimum absolute atomic E-state index is 0.0137. The first kappa shape index (κ1) is 26.0. The zero-order valence-corrected chi connectivity index (χ0v) is 18.5. The van der Waals surface area contributed by atoms with Gasteiger partial charge in [0.1, 0.15) is 11.8 Å². The molecule has 0 atom stereocenters. The number of nitrogens with zero attached hydrogens (tertiary/aromatic N) is 2. The molecule has 1 aliphatic carbocycles. The number of nitrogen functional groups attached to an aromatic ring is 1. The van der Waals surface area contributed by atoms with Gasteiger partial charge in [0, 0.05) is 28.9 Å². The van der Waals surface area contributed by atoms with Gasteiger partial charge in [0.2, 0.25) is 0 Å². The minimum atomic E-state index is -4.50. The third-order valence-corrected chi connectivity index (χ3v) is 5.26. The van der Waals surface area contributed by atoms with Crippen LogP contribution in [-0.4, -0.2) is 53.4 Å². The van der Waals surface area contributed by atoms with Crippen molar-refractivity contribution in [2.75, 3.05) is 25.9 Å². The van der Waals surface area contributed by atoms with Crippen molar-refractivity contribution in [1.29, 1.82) is 0 Å². The number of carbonyl (C=O) groups excluding carboxylic acids is 1. The summed E-state index contributed by atoms with van der Waals surface area (Å²) in [6.45, 7) is 2.64. The lowest BCUT2D eigenvalue weighted by molar-refractivity contribution is -0.140. The van der Waals surface area contributed by atoms with Crippen LogP contribution in [0.25, 0.3) is 10.9 Å². The highest BCUT2D eigenvalue weighted by molar-refractivity contribution is 6.31. The molecule has 2 heterocycles. The van der Waals surface area contributed by atoms with E-state index in [-0.39, 0.29) is 23.4 Å². The lowest BCUT2D eigenvalue weighted by Gasteiger charge is -2.29. The van der Waals surface area contributed by atoms with Gasteiger partial charge < -0.3 is 26.2 Å². The zero-order chi connectivity index (χ0) is 23.9. The highest BCUT2D eigenvalue weighted by Gasteiger charge is 2.33. The predicted molar refractivity (Wildman–Crippen MR) is 117 cm³/mol. The largest absolute Gasteiger partial charge is 0.446 e. The molecule has 1 amide bonds. The summed E-state index contributed by atoms with van der Waals surface area (Å²) in [5.74, 6) is 0. The van der Waals surface area contributed by atoms with Crippen molar-refractivity contribution >= 4 is 34.3 Å². The summed E-state index contributed by atoms with van der Waals surface area (Å²) < 4.78 is 41.8. The summed E-state index contributed by atoms with van der Waals surface area (Å²) in [5, 5.41) is 9.52. The molecule has 0 bridgehead atoms. The maximum atomic E-state index is 12.4. The maximum absolute atomic E-state index is 12.4. The molecule has 2 fully saturated rings. The van der Waals surface area contributed by atoms with Crippen LogP contribution in [0.1, 0.15) is 37.8 Å². The fraction of sp³-hybridized carbons (Fsp3) is 0.524. The van der Waals surface area contributed by atoms with Crippen molar-refractivity contribution in [2.24, 2.45) is 5.73 Å². The molecular formula is C21H28ClF3N4O3. The van der Waals surface area contributed by atoms with Gasteiger partial charge in [0.15, 0.2) is 0 Å². The number of pyridine rings is 1. The molecule has 7 nitrogen and oxygen atoms in total. The number of amides is 1. The fourth-order valence-electron chi connectivity index (χ4n) is 3.22. The van der Waals surface area contributed by atoms with Gasteiger partial charge >= 0.3 is 12.3 Å². The summed E-state index contributed by atoms with van der Waals surface area (Å²) in [4.78, 5) is 15.9. The molecular weight excluding hydrogens is 449 g/mol. The zero-order valence-electron chi connectivity index (χ0n) is 17.7. The summed E-state index contributed by atoms with van der Waals surface area (Å²) in [7, 11) is 2.19. The number of aliphatic hydroxyl groups excluding tert-OH is 1. The van der Waals surface area contributed by atoms with Crippen LogP contribution in [0.4, 0.5) is 23.7 Å². The van der Waals surface area contributed by atoms with E-state index in [9.17, 15) is 18.0 Å². The number of benzene rings is 1. The number of carbonyl (C=O) groups is 1. The Morgan fingerprint density at radius 2 is 1.84 bits per heavy atom. The van der Waals surface area contributed by atoms with Crippen molar-refractivity contribution < 1.29 is 27.8 Å². The first-order valence-corrected chi connectivity index (χ1v) is 10.6. The Morgan fingerprint density at radius 3 is 2.31 bits per heavy atom. The maximum Gasteiger partial charge on any atom is 0.433 e. The SMILES string of the molecule is CN1CCCCC1.NC(=O)OC1CC(O)C1.Nc1cc(C(F)(F)F)nc2ccc(Cl)cc12. The number of aromatic nitrogens is 1. The first-order chi connectivity index (χ1) is 15.0. The van der Waals surface area contributed by atoms with E-state index in [1.165, 1.54) is 50.6 Å². The first-order valence-electron chi connectivity index (χ1n) is 10.2. The quantitative estimate of drug-likeness (QED) is 0.568. The van der Waals surface area contributed by atoms with Crippen LogP contribution in [-0.2, 0) is 10.9 Å². The number of halogens is 4. The number of fused-ring (bicyclic) bond motifs is 1. The Labute approximate surface area is 189 Å². The van der Waals surface area contributed by atoms with Crippen LogP contribution in [0.15, 0.2) is 24.3 Å². The molecule has 11 heteroatoms. The van der Waals surface area contributed by atoms with E-state index in [0.717, 1.165) is 6.07 Å². The number of hydrogen-bond acceptors (Lipinski definition) is 6. The van der Waals surface area contributed by atoms with Gasteiger partial charge in [-0.15, -0.1) is 0 Å². The molecule has 0 spiro atoms. The van der Waals surface area contributed by atoms with Crippen LogP contribution in [0, 0.1) is 0 Å². The number of primary amides is 1. The second-order valence-electron chi connectivity index (χ2n) is 7.80. The number of nitrogens with two attached hydrogens (primary N) is 2. The van der Waals surface area contributed by atoms with E-state index in [0.29, 0.717) is 23.3 Å². The van der Waals surface area contributed by atoms with Crippen LogP contribution in [0.3, 0.4) is 0 Å². The Bertz CT molecular complexity index is 902. The van der Waals surface area contributed by atoms with Gasteiger partial charge in [-0.1, -0.05) is 18.0 Å². The van der Waals surface area contributed by atoms with Crippen molar-refractivity contribution in [3.8, 4) is 0 Å². The van der Waals surface area contributed by atoms with Crippen molar-refractivity contribution in [1.82, 2.24) is 9.88 Å². The number of piperidine rings is 1. The van der Waals surface area contributed by atoms with E-state index >= 15 is 0 Å². The molecule has 1 aromatic heterocycles. The molecule has 2 aliphatic rings. The van der Waals surface area contributed by atoms with Crippen molar-refractivity contribution in [3.63, 3.8) is 0 Å². The van der Waals surface area contributed by atoms with Gasteiger partial charge in [-0.2, -0.15) is 13.2 Å². The molecule has 1 saturated heterocycles. The van der Waals surface area contributed by atoms with E-state index < -0.39 is 18.0 Å². The Kier molecular flexibility index (Phi) is 9.35. The van der Waals surface area contributed by atoms with Crippen LogP contribution in [0.2, 0.25) is 5.02 Å². The third kappa shape index (κ3) is 8.33. The van der Waals surface area contributed by atoms with Crippen molar-refractivity contribution in [2.45, 2.75) is 50.5 Å². The second kappa shape index (κ2) is 11.5. The number of alkyl halides is 3. The van der Waals surface area contributed by atoms with Gasteiger partial charge in [0.25, 0.3) is 0 Å². The number of likely N-dealkylation sites (tertiary alicyclic amines) is 1. The summed E-state index contributed by atoms with van der Waals surface area (Å²) in [5.41, 5.74) is 9.42. The molecule has 0 radical (unpaired) electrons. The second-order valence-corrected chi connectivity index (χ2v) is 8.24. The number of rotatable bonds is 1. The van der Waals surface area contributed by atoms with Gasteiger partial charge in [-0.25, -0.2) is 9.78 Å². The molecule has 1 saturated carbocycles. The summed E-state index contributed by atoms with van der Waals surface area (Å²) >= 11 is 5.71. The van der Waals surface area contributed by atoms with Crippen LogP contribution < -0.4 is 11.5 Å². The highest BCUT2D eigenvalue weighted by atomic mass is 35.5. The minimum Gasteiger partial charge on any atom is -0.446 e. The molecule has 0 unspecified atom stereocenters. The van der Waals surface area contributed by atoms with Crippen molar-refractivity contribution in [3.05, 3.63) is 35.0 Å². The molecule has 5 N–H and O–H groups in total. The van der Waals surface area contributed by atoms with Gasteiger partial charge in [0.05, 0.1) is 11.6 Å². The van der Waals surface area contributed by atoms with E-state index in [1.54, 1.807) is 0 Å². The summed E-state index contributed by atoms with van der Waals surface area (Å²) in [6, 6.07) is 5.16.